The van der Waals surface area contributed by atoms with Crippen molar-refractivity contribution in [2.75, 3.05) is 7.11 Å². The molecule has 2 aromatic carbocycles. The molecule has 0 aliphatic carbocycles. The first-order valence-electron chi connectivity index (χ1n) is 8.05. The number of ether oxygens (including phenoxy) is 1. The molecule has 0 N–H and O–H groups in total. The Morgan fingerprint density at radius 2 is 1.80 bits per heavy atom. The molecule has 0 radical (unpaired) electrons. The zero-order valence-corrected chi connectivity index (χ0v) is 16.8. The highest BCUT2D eigenvalue weighted by Gasteiger charge is 2.17. The highest BCUT2D eigenvalue weighted by molar-refractivity contribution is 9.10. The molecule has 4 nitrogen and oxygen atoms in total. The van der Waals surface area contributed by atoms with Gasteiger partial charge in [0.1, 0.15) is 5.75 Å². The van der Waals surface area contributed by atoms with Gasteiger partial charge in [0.05, 0.1) is 7.11 Å². The Balaban J connectivity index is 1.88. The standard InChI is InChI=1S/C19H20BrN3OS/c1-13(2)23-18(14-8-10-16(24-3)11-9-14)21-22-19(23)25-12-15-6-4-5-7-17(15)20/h4-11,13H,12H2,1-3H3. The van der Waals surface area contributed by atoms with Crippen LogP contribution in [0.2, 0.25) is 0 Å². The molecular weight excluding hydrogens is 398 g/mol. The lowest BCUT2D eigenvalue weighted by atomic mass is 10.2. The molecule has 1 heterocycles. The molecule has 6 heteroatoms. The van der Waals surface area contributed by atoms with E-state index in [9.17, 15) is 0 Å². The summed E-state index contributed by atoms with van der Waals surface area (Å²) in [5.41, 5.74) is 2.28. The van der Waals surface area contributed by atoms with Gasteiger partial charge in [-0.3, -0.25) is 4.57 Å². The van der Waals surface area contributed by atoms with Crippen molar-refractivity contribution < 1.29 is 4.74 Å². The number of benzene rings is 2. The van der Waals surface area contributed by atoms with E-state index in [1.165, 1.54) is 5.56 Å². The van der Waals surface area contributed by atoms with Gasteiger partial charge in [0.25, 0.3) is 0 Å². The summed E-state index contributed by atoms with van der Waals surface area (Å²) in [6, 6.07) is 16.5. The maximum Gasteiger partial charge on any atom is 0.192 e. The molecule has 0 saturated carbocycles. The van der Waals surface area contributed by atoms with Crippen LogP contribution in [0.1, 0.15) is 25.5 Å². The molecule has 1 aromatic heterocycles. The van der Waals surface area contributed by atoms with E-state index in [-0.39, 0.29) is 6.04 Å². The van der Waals surface area contributed by atoms with Crippen molar-refractivity contribution in [3.63, 3.8) is 0 Å². The van der Waals surface area contributed by atoms with Gasteiger partial charge in [-0.2, -0.15) is 0 Å². The SMILES string of the molecule is COc1ccc(-c2nnc(SCc3ccccc3Br)n2C(C)C)cc1. The minimum atomic E-state index is 0.272. The van der Waals surface area contributed by atoms with E-state index in [0.717, 1.165) is 32.5 Å². The molecule has 0 amide bonds. The van der Waals surface area contributed by atoms with Crippen LogP contribution < -0.4 is 4.74 Å². The lowest BCUT2D eigenvalue weighted by molar-refractivity contribution is 0.415. The quantitative estimate of drug-likeness (QED) is 0.490. The van der Waals surface area contributed by atoms with Gasteiger partial charge in [0, 0.05) is 21.8 Å². The van der Waals surface area contributed by atoms with Gasteiger partial charge in [-0.15, -0.1) is 10.2 Å². The van der Waals surface area contributed by atoms with Crippen LogP contribution in [0.15, 0.2) is 58.2 Å². The first kappa shape index (κ1) is 18.0. The van der Waals surface area contributed by atoms with Crippen molar-refractivity contribution >= 4 is 27.7 Å². The monoisotopic (exact) mass is 417 g/mol. The summed E-state index contributed by atoms with van der Waals surface area (Å²) in [5, 5.41) is 9.80. The summed E-state index contributed by atoms with van der Waals surface area (Å²) in [5.74, 6) is 2.56. The van der Waals surface area contributed by atoms with E-state index in [1.54, 1.807) is 18.9 Å². The number of methoxy groups -OCH3 is 1. The average Bonchev–Trinajstić information content (AvgIpc) is 3.05. The van der Waals surface area contributed by atoms with Crippen molar-refractivity contribution in [2.24, 2.45) is 0 Å². The second kappa shape index (κ2) is 8.06. The molecule has 130 valence electrons. The fourth-order valence-electron chi connectivity index (χ4n) is 2.54. The molecule has 25 heavy (non-hydrogen) atoms. The first-order chi connectivity index (χ1) is 12.1. The van der Waals surface area contributed by atoms with Gasteiger partial charge in [0.15, 0.2) is 11.0 Å². The number of thioether (sulfide) groups is 1. The maximum absolute atomic E-state index is 5.24. The van der Waals surface area contributed by atoms with E-state index in [1.807, 2.05) is 30.3 Å². The van der Waals surface area contributed by atoms with Crippen molar-refractivity contribution in [1.82, 2.24) is 14.8 Å². The maximum atomic E-state index is 5.24. The summed E-state index contributed by atoms with van der Waals surface area (Å²) in [7, 11) is 1.67. The number of hydrogen-bond acceptors (Lipinski definition) is 4. The molecule has 0 saturated heterocycles. The molecule has 0 atom stereocenters. The largest absolute Gasteiger partial charge is 0.497 e. The fourth-order valence-corrected chi connectivity index (χ4v) is 4.22. The zero-order valence-electron chi connectivity index (χ0n) is 14.4. The zero-order chi connectivity index (χ0) is 17.8. The molecule has 0 bridgehead atoms. The van der Waals surface area contributed by atoms with Gasteiger partial charge in [0.2, 0.25) is 0 Å². The Hall–Kier alpha value is -1.79. The lowest BCUT2D eigenvalue weighted by Crippen LogP contribution is -2.05. The Morgan fingerprint density at radius 3 is 2.44 bits per heavy atom. The predicted octanol–water partition coefficient (Wildman–Crippen LogP) is 5.59. The van der Waals surface area contributed by atoms with E-state index in [4.69, 9.17) is 4.74 Å². The third-order valence-corrected chi connectivity index (χ3v) is 5.61. The minimum Gasteiger partial charge on any atom is -0.497 e. The van der Waals surface area contributed by atoms with Gasteiger partial charge in [-0.25, -0.2) is 0 Å². The topological polar surface area (TPSA) is 39.9 Å². The van der Waals surface area contributed by atoms with Crippen LogP contribution >= 0.6 is 27.7 Å². The van der Waals surface area contributed by atoms with Crippen LogP contribution in [0.5, 0.6) is 5.75 Å². The minimum absolute atomic E-state index is 0.272. The van der Waals surface area contributed by atoms with Crippen LogP contribution in [-0.4, -0.2) is 21.9 Å². The van der Waals surface area contributed by atoms with Crippen molar-refractivity contribution in [3.05, 3.63) is 58.6 Å². The van der Waals surface area contributed by atoms with Crippen molar-refractivity contribution in [1.29, 1.82) is 0 Å². The highest BCUT2D eigenvalue weighted by atomic mass is 79.9. The van der Waals surface area contributed by atoms with Crippen LogP contribution in [0.3, 0.4) is 0 Å². The first-order valence-corrected chi connectivity index (χ1v) is 9.83. The van der Waals surface area contributed by atoms with Gasteiger partial charge >= 0.3 is 0 Å². The molecule has 0 aliphatic rings. The normalized spacial score (nSPS) is 11.1. The average molecular weight is 418 g/mol. The van der Waals surface area contributed by atoms with Crippen LogP contribution in [0.25, 0.3) is 11.4 Å². The van der Waals surface area contributed by atoms with Gasteiger partial charge in [-0.05, 0) is 49.7 Å². The second-order valence-electron chi connectivity index (χ2n) is 5.88. The lowest BCUT2D eigenvalue weighted by Gasteiger charge is -2.14. The molecule has 0 fully saturated rings. The number of aromatic nitrogens is 3. The van der Waals surface area contributed by atoms with E-state index < -0.39 is 0 Å². The van der Waals surface area contributed by atoms with Crippen molar-refractivity contribution in [3.8, 4) is 17.1 Å². The molecule has 3 aromatic rings. The highest BCUT2D eigenvalue weighted by Crippen LogP contribution is 2.31. The van der Waals surface area contributed by atoms with Gasteiger partial charge < -0.3 is 4.74 Å². The van der Waals surface area contributed by atoms with Crippen molar-refractivity contribution in [2.45, 2.75) is 30.8 Å². The number of hydrogen-bond donors (Lipinski definition) is 0. The summed E-state index contributed by atoms with van der Waals surface area (Å²) in [6.45, 7) is 4.30. The molecule has 0 unspecified atom stereocenters. The van der Waals surface area contributed by atoms with Gasteiger partial charge in [-0.1, -0.05) is 45.9 Å². The van der Waals surface area contributed by atoms with Crippen LogP contribution in [0.4, 0.5) is 0 Å². The summed E-state index contributed by atoms with van der Waals surface area (Å²) in [4.78, 5) is 0. The van der Waals surface area contributed by atoms with Crippen LogP contribution in [-0.2, 0) is 5.75 Å². The Kier molecular flexibility index (Phi) is 5.81. The molecule has 3 rings (SSSR count). The number of nitrogens with zero attached hydrogens (tertiary/aromatic N) is 3. The molecule has 0 aliphatic heterocycles. The van der Waals surface area contributed by atoms with Crippen LogP contribution in [0, 0.1) is 0 Å². The summed E-state index contributed by atoms with van der Waals surface area (Å²) < 4.78 is 8.54. The summed E-state index contributed by atoms with van der Waals surface area (Å²) in [6.07, 6.45) is 0. The third kappa shape index (κ3) is 4.07. The number of halogens is 1. The van der Waals surface area contributed by atoms with E-state index in [0.29, 0.717) is 0 Å². The Morgan fingerprint density at radius 1 is 1.08 bits per heavy atom. The Bertz CT molecular complexity index is 846. The summed E-state index contributed by atoms with van der Waals surface area (Å²) >= 11 is 5.31. The molecule has 0 spiro atoms. The second-order valence-corrected chi connectivity index (χ2v) is 7.68. The number of rotatable bonds is 6. The Labute approximate surface area is 160 Å². The smallest absolute Gasteiger partial charge is 0.192 e. The predicted molar refractivity (Wildman–Crippen MR) is 106 cm³/mol. The van der Waals surface area contributed by atoms with E-state index >= 15 is 0 Å². The third-order valence-electron chi connectivity index (χ3n) is 3.84. The fraction of sp³-hybridized carbons (Fsp3) is 0.263. The van der Waals surface area contributed by atoms with E-state index in [2.05, 4.69) is 62.7 Å². The molecular formula is C19H20BrN3OS.